The summed E-state index contributed by atoms with van der Waals surface area (Å²) in [5.41, 5.74) is 5.08. The van der Waals surface area contributed by atoms with Gasteiger partial charge in [0, 0.05) is 44.8 Å². The Balaban J connectivity index is 1.24. The molecule has 4 heterocycles. The Kier molecular flexibility index (Phi) is 13.4. The lowest BCUT2D eigenvalue weighted by Gasteiger charge is -2.19. The van der Waals surface area contributed by atoms with Gasteiger partial charge in [0.2, 0.25) is 11.9 Å². The number of aromatic nitrogens is 8. The molecule has 19 heteroatoms. The number of hydrogen-bond donors (Lipinski definition) is 4. The van der Waals surface area contributed by atoms with Crippen molar-refractivity contribution in [2.75, 3.05) is 23.7 Å². The van der Waals surface area contributed by atoms with E-state index in [1.165, 1.54) is 0 Å². The van der Waals surface area contributed by atoms with E-state index in [0.717, 1.165) is 5.52 Å². The Morgan fingerprint density at radius 3 is 1.77 bits per heavy atom. The molecule has 0 bridgehead atoms. The van der Waals surface area contributed by atoms with E-state index in [0.29, 0.717) is 95.5 Å². The molecule has 0 aliphatic carbocycles. The number of anilines is 2. The highest BCUT2D eigenvalue weighted by Gasteiger charge is 2.21. The van der Waals surface area contributed by atoms with Gasteiger partial charge < -0.3 is 24.5 Å². The number of benzene rings is 2. The molecule has 0 saturated heterocycles. The van der Waals surface area contributed by atoms with Crippen LogP contribution in [0.1, 0.15) is 89.3 Å². The van der Waals surface area contributed by atoms with E-state index in [9.17, 15) is 24.1 Å². The maximum atomic E-state index is 13.6. The third-order valence-electron chi connectivity index (χ3n) is 9.44. The molecule has 0 spiro atoms. The molecule has 0 atom stereocenters. The number of nitroso groups, excluding NO2 is 1. The summed E-state index contributed by atoms with van der Waals surface area (Å²) >= 11 is 0. The minimum atomic E-state index is -0.608. The van der Waals surface area contributed by atoms with E-state index < -0.39 is 17.6 Å². The van der Waals surface area contributed by atoms with Gasteiger partial charge in [-0.15, -0.1) is 0 Å². The predicted molar refractivity (Wildman–Crippen MR) is 230 cm³/mol. The van der Waals surface area contributed by atoms with Crippen molar-refractivity contribution < 1.29 is 23.9 Å². The number of aryl methyl sites for hydroxylation is 4. The van der Waals surface area contributed by atoms with E-state index in [1.807, 2.05) is 55.0 Å². The largest absolute Gasteiger partial charge is 0.444 e. The molecule has 2 aromatic carbocycles. The minimum Gasteiger partial charge on any atom is -0.444 e. The number of amides is 4. The summed E-state index contributed by atoms with van der Waals surface area (Å²) in [6.45, 7) is 15.0. The molecule has 6 aromatic rings. The van der Waals surface area contributed by atoms with E-state index in [4.69, 9.17) is 14.7 Å². The van der Waals surface area contributed by atoms with Gasteiger partial charge in [0.1, 0.15) is 23.5 Å². The van der Waals surface area contributed by atoms with E-state index >= 15 is 0 Å². The number of fused-ring (bicyclic) bond motifs is 2. The van der Waals surface area contributed by atoms with Crippen LogP contribution in [-0.4, -0.2) is 81.2 Å². The lowest BCUT2D eigenvalue weighted by Crippen LogP contribution is -2.34. The quantitative estimate of drug-likeness (QED) is 0.0469. The Hall–Kier alpha value is -7.18. The van der Waals surface area contributed by atoms with E-state index in [1.54, 1.807) is 72.6 Å². The normalized spacial score (nSPS) is 11.7. The molecule has 0 unspecified atom stereocenters. The number of ether oxygens (including phenoxy) is 1. The van der Waals surface area contributed by atoms with Gasteiger partial charge in [-0.25, -0.2) is 14.8 Å². The van der Waals surface area contributed by atoms with Crippen molar-refractivity contribution in [1.29, 1.82) is 0 Å². The van der Waals surface area contributed by atoms with Gasteiger partial charge in [-0.2, -0.15) is 15.1 Å². The Bertz CT molecular complexity index is 2620. The van der Waals surface area contributed by atoms with Gasteiger partial charge in [-0.1, -0.05) is 23.4 Å². The molecule has 61 heavy (non-hydrogen) atoms. The molecule has 320 valence electrons. The monoisotopic (exact) mass is 833 g/mol. The second-order valence-corrected chi connectivity index (χ2v) is 15.3. The van der Waals surface area contributed by atoms with Crippen molar-refractivity contribution in [3.05, 3.63) is 99.5 Å². The maximum absolute atomic E-state index is 13.6. The number of nitrogens with zero attached hydrogens (tertiary/aromatic N) is 9. The van der Waals surface area contributed by atoms with Crippen LogP contribution in [0, 0.1) is 18.8 Å². The highest BCUT2D eigenvalue weighted by molar-refractivity contribution is 6.04. The van der Waals surface area contributed by atoms with Crippen molar-refractivity contribution in [2.24, 2.45) is 5.18 Å². The number of alkyl carbamates (subject to hydrolysis) is 1. The van der Waals surface area contributed by atoms with Gasteiger partial charge in [-0.05, 0) is 103 Å². The first-order valence-electron chi connectivity index (χ1n) is 20.1. The predicted octanol–water partition coefficient (Wildman–Crippen LogP) is 6.11. The third-order valence-corrected chi connectivity index (χ3v) is 9.44. The van der Waals surface area contributed by atoms with Gasteiger partial charge in [0.15, 0.2) is 0 Å². The van der Waals surface area contributed by atoms with Gasteiger partial charge in [0.05, 0.1) is 33.5 Å². The van der Waals surface area contributed by atoms with Crippen molar-refractivity contribution in [2.45, 2.75) is 93.2 Å². The molecular weight excluding hydrogens is 783 g/mol. The first kappa shape index (κ1) is 43.4. The molecule has 4 aromatic heterocycles. The topological polar surface area (TPSA) is 226 Å². The van der Waals surface area contributed by atoms with Crippen LogP contribution in [0.4, 0.5) is 16.7 Å². The van der Waals surface area contributed by atoms with E-state index in [2.05, 4.69) is 36.6 Å². The number of imidazole rings is 2. The molecule has 4 N–H and O–H groups in total. The van der Waals surface area contributed by atoms with Crippen molar-refractivity contribution in [1.82, 2.24) is 49.3 Å². The maximum Gasteiger partial charge on any atom is 0.407 e. The number of allylic oxidation sites excluding steroid dienone is 2. The number of carbonyl (C=O) groups excluding carboxylic acids is 4. The highest BCUT2D eigenvalue weighted by Crippen LogP contribution is 2.25. The van der Waals surface area contributed by atoms with Crippen LogP contribution in [0.2, 0.25) is 0 Å². The van der Waals surface area contributed by atoms with Crippen LogP contribution >= 0.6 is 0 Å². The molecule has 0 aliphatic heterocycles. The Morgan fingerprint density at radius 1 is 0.721 bits per heavy atom. The zero-order valence-electron chi connectivity index (χ0n) is 35.4. The van der Waals surface area contributed by atoms with Crippen LogP contribution in [0.5, 0.6) is 0 Å². The van der Waals surface area contributed by atoms with Gasteiger partial charge >= 0.3 is 6.09 Å². The van der Waals surface area contributed by atoms with Crippen LogP contribution in [0.25, 0.3) is 22.1 Å². The lowest BCUT2D eigenvalue weighted by atomic mass is 10.2. The molecule has 19 nitrogen and oxygen atoms in total. The van der Waals surface area contributed by atoms with Crippen LogP contribution in [0.15, 0.2) is 65.9 Å². The molecule has 4 amide bonds. The van der Waals surface area contributed by atoms with Crippen LogP contribution in [-0.2, 0) is 37.5 Å². The summed E-state index contributed by atoms with van der Waals surface area (Å²) in [5, 5.41) is 23.3. The number of carbonyl (C=O) groups is 4. The molecule has 0 saturated carbocycles. The smallest absolute Gasteiger partial charge is 0.407 e. The summed E-state index contributed by atoms with van der Waals surface area (Å²) < 4.78 is 12.2. The second kappa shape index (κ2) is 18.8. The fourth-order valence-electron chi connectivity index (χ4n) is 6.71. The van der Waals surface area contributed by atoms with E-state index in [-0.39, 0.29) is 30.9 Å². The van der Waals surface area contributed by atoms with Crippen molar-refractivity contribution in [3.63, 3.8) is 0 Å². The molecule has 0 radical (unpaired) electrons. The summed E-state index contributed by atoms with van der Waals surface area (Å²) in [5.74, 6) is -0.518. The van der Waals surface area contributed by atoms with Crippen LogP contribution in [0.3, 0.4) is 0 Å². The Labute approximate surface area is 351 Å². The first-order valence-corrected chi connectivity index (χ1v) is 20.1. The summed E-state index contributed by atoms with van der Waals surface area (Å²) in [7, 11) is 0. The zero-order valence-corrected chi connectivity index (χ0v) is 35.4. The average Bonchev–Trinajstić information content (AvgIpc) is 3.97. The SMILES string of the molecule is CCn1nc(C)cc1C(=O)Nc1nc2cc(CN=O)ccc2n1C/C=C/Cn1c(NC(=O)c2cc(C)nn2CC)nc2cc(C(=O)NCCCNC(=O)OC(C)(C)C)ccc21. The van der Waals surface area contributed by atoms with Crippen LogP contribution < -0.4 is 21.3 Å². The number of nitrogens with one attached hydrogen (secondary N) is 4. The second-order valence-electron chi connectivity index (χ2n) is 15.3. The fourth-order valence-corrected chi connectivity index (χ4v) is 6.71. The minimum absolute atomic E-state index is 0.0151. The summed E-state index contributed by atoms with van der Waals surface area (Å²) in [4.78, 5) is 72.7. The fraction of sp³-hybridized carbons (Fsp3) is 0.381. The molecule has 0 aliphatic rings. The Morgan fingerprint density at radius 2 is 1.25 bits per heavy atom. The molecule has 6 rings (SSSR count). The number of rotatable bonds is 17. The average molecular weight is 834 g/mol. The number of hydrogen-bond acceptors (Lipinski definition) is 11. The van der Waals surface area contributed by atoms with Crippen molar-refractivity contribution >= 4 is 57.8 Å². The molecule has 0 fully saturated rings. The first-order chi connectivity index (χ1) is 29.2. The van der Waals surface area contributed by atoms with Crippen molar-refractivity contribution in [3.8, 4) is 0 Å². The standard InChI is InChI=1S/C42H51N13O6/c1-8-54-34(21-26(3)50-54)37(57)48-39-46-30-23-28(25-45-60)13-15-32(30)52(39)19-10-11-20-53-33-16-14-29(36(56)43-17-12-18-44-41(59)61-42(5,6)7)24-31(33)47-40(53)49-38(58)35-22-27(4)51-55(35)9-2/h10-11,13-16,21-24H,8-9,12,17-20,25H2,1-7H3,(H,43,56)(H,44,59)(H,46,48,57)(H,47,49,58)/b11-10+. The molecular formula is C42H51N13O6. The highest BCUT2D eigenvalue weighted by atomic mass is 16.6. The zero-order chi connectivity index (χ0) is 43.8. The summed E-state index contributed by atoms with van der Waals surface area (Å²) in [6.07, 6.45) is 3.78. The summed E-state index contributed by atoms with van der Waals surface area (Å²) in [6, 6.07) is 13.9. The third kappa shape index (κ3) is 10.5. The van der Waals surface area contributed by atoms with Gasteiger partial charge in [-0.3, -0.25) is 34.4 Å². The lowest BCUT2D eigenvalue weighted by molar-refractivity contribution is 0.0527. The van der Waals surface area contributed by atoms with Gasteiger partial charge in [0.25, 0.3) is 17.7 Å².